The normalized spacial score (nSPS) is 10.9. The summed E-state index contributed by atoms with van der Waals surface area (Å²) in [4.78, 5) is 15.9. The van der Waals surface area contributed by atoms with Crippen molar-refractivity contribution in [3.63, 3.8) is 0 Å². The van der Waals surface area contributed by atoms with E-state index in [9.17, 15) is 4.79 Å². The van der Waals surface area contributed by atoms with Crippen molar-refractivity contribution in [1.82, 2.24) is 9.55 Å². The maximum Gasteiger partial charge on any atom is 0.303 e. The molecule has 4 rings (SSSR count). The van der Waals surface area contributed by atoms with Crippen LogP contribution in [0.2, 0.25) is 0 Å². The van der Waals surface area contributed by atoms with Gasteiger partial charge >= 0.3 is 5.97 Å². The standard InChI is InChI=1S/C29H30N2O2/c32-27(33)22-14-3-1-2-13-21-26-28(23-15-7-4-8-16-23)31(25-19-11-6-12-20-25)29(30-26)24-17-9-5-10-18-24/h4-12,15-20H,1-3,13-14,21-22H2,(H,32,33). The summed E-state index contributed by atoms with van der Waals surface area (Å²) in [5, 5.41) is 8.81. The third kappa shape index (κ3) is 5.78. The Morgan fingerprint density at radius 2 is 1.24 bits per heavy atom. The number of hydrogen-bond donors (Lipinski definition) is 1. The van der Waals surface area contributed by atoms with Crippen LogP contribution in [0, 0.1) is 0 Å². The molecule has 0 spiro atoms. The Kier molecular flexibility index (Phi) is 7.70. The number of nitrogens with zero attached hydrogens (tertiary/aromatic N) is 2. The molecule has 4 heteroatoms. The van der Waals surface area contributed by atoms with Crippen LogP contribution in [-0.4, -0.2) is 20.6 Å². The van der Waals surface area contributed by atoms with Crippen molar-refractivity contribution < 1.29 is 9.90 Å². The van der Waals surface area contributed by atoms with Gasteiger partial charge in [-0.3, -0.25) is 9.36 Å². The third-order valence-corrected chi connectivity index (χ3v) is 5.85. The van der Waals surface area contributed by atoms with Crippen LogP contribution in [0.25, 0.3) is 28.3 Å². The maximum atomic E-state index is 10.7. The van der Waals surface area contributed by atoms with Crippen molar-refractivity contribution in [2.24, 2.45) is 0 Å². The van der Waals surface area contributed by atoms with Gasteiger partial charge in [-0.15, -0.1) is 0 Å². The Morgan fingerprint density at radius 3 is 1.88 bits per heavy atom. The van der Waals surface area contributed by atoms with Gasteiger partial charge in [-0.2, -0.15) is 0 Å². The Balaban J connectivity index is 1.67. The van der Waals surface area contributed by atoms with Crippen molar-refractivity contribution >= 4 is 5.97 Å². The molecule has 0 aliphatic carbocycles. The van der Waals surface area contributed by atoms with Crippen LogP contribution >= 0.6 is 0 Å². The number of carbonyl (C=O) groups is 1. The summed E-state index contributed by atoms with van der Waals surface area (Å²) in [6.45, 7) is 0. The molecule has 4 nitrogen and oxygen atoms in total. The molecule has 1 heterocycles. The van der Waals surface area contributed by atoms with Crippen molar-refractivity contribution in [3.8, 4) is 28.3 Å². The van der Waals surface area contributed by atoms with Gasteiger partial charge in [0, 0.05) is 23.2 Å². The van der Waals surface area contributed by atoms with E-state index in [2.05, 4.69) is 77.4 Å². The van der Waals surface area contributed by atoms with Crippen LogP contribution in [0.3, 0.4) is 0 Å². The van der Waals surface area contributed by atoms with E-state index < -0.39 is 5.97 Å². The van der Waals surface area contributed by atoms with Crippen LogP contribution in [0.5, 0.6) is 0 Å². The summed E-state index contributed by atoms with van der Waals surface area (Å²) in [6.07, 6.45) is 6.04. The molecule has 0 amide bonds. The number of hydrogen-bond acceptors (Lipinski definition) is 2. The zero-order chi connectivity index (χ0) is 22.9. The zero-order valence-corrected chi connectivity index (χ0v) is 18.9. The van der Waals surface area contributed by atoms with Gasteiger partial charge in [-0.05, 0) is 31.4 Å². The van der Waals surface area contributed by atoms with Gasteiger partial charge in [0.2, 0.25) is 0 Å². The summed E-state index contributed by atoms with van der Waals surface area (Å²) in [6, 6.07) is 31.3. The molecule has 1 N–H and O–H groups in total. The highest BCUT2D eigenvalue weighted by atomic mass is 16.4. The van der Waals surface area contributed by atoms with Gasteiger partial charge in [0.15, 0.2) is 0 Å². The molecule has 0 atom stereocenters. The second-order valence-corrected chi connectivity index (χ2v) is 8.30. The lowest BCUT2D eigenvalue weighted by atomic mass is 10.0. The molecule has 33 heavy (non-hydrogen) atoms. The Bertz CT molecular complexity index is 1150. The SMILES string of the molecule is O=C(O)CCCCCCCc1nc(-c2ccccc2)n(-c2ccccc2)c1-c1ccccc1. The highest BCUT2D eigenvalue weighted by Crippen LogP contribution is 2.34. The number of aliphatic carboxylic acids is 1. The first kappa shape index (κ1) is 22.5. The van der Waals surface area contributed by atoms with Gasteiger partial charge < -0.3 is 5.11 Å². The van der Waals surface area contributed by atoms with E-state index in [0.717, 1.165) is 72.6 Å². The third-order valence-electron chi connectivity index (χ3n) is 5.85. The molecule has 1 aromatic heterocycles. The van der Waals surface area contributed by atoms with E-state index in [0.29, 0.717) is 0 Å². The first-order valence-corrected chi connectivity index (χ1v) is 11.7. The fraction of sp³-hybridized carbons (Fsp3) is 0.241. The van der Waals surface area contributed by atoms with Crippen LogP contribution in [0.1, 0.15) is 44.2 Å². The fourth-order valence-electron chi connectivity index (χ4n) is 4.24. The summed E-state index contributed by atoms with van der Waals surface area (Å²) in [5.41, 5.74) is 5.61. The van der Waals surface area contributed by atoms with Crippen molar-refractivity contribution in [3.05, 3.63) is 96.7 Å². The molecule has 0 fully saturated rings. The van der Waals surface area contributed by atoms with Gasteiger partial charge in [0.1, 0.15) is 5.82 Å². The molecule has 0 aliphatic heterocycles. The average molecular weight is 439 g/mol. The molecule has 0 aliphatic rings. The van der Waals surface area contributed by atoms with Crippen LogP contribution < -0.4 is 0 Å². The van der Waals surface area contributed by atoms with E-state index in [-0.39, 0.29) is 6.42 Å². The molecule has 0 radical (unpaired) electrons. The molecule has 0 unspecified atom stereocenters. The number of para-hydroxylation sites is 1. The van der Waals surface area contributed by atoms with Gasteiger partial charge in [0.05, 0.1) is 11.4 Å². The number of rotatable bonds is 11. The molecule has 168 valence electrons. The molecule has 0 bridgehead atoms. The number of unbranched alkanes of at least 4 members (excludes halogenated alkanes) is 4. The Morgan fingerprint density at radius 1 is 0.697 bits per heavy atom. The first-order chi connectivity index (χ1) is 16.2. The molecule has 0 saturated heterocycles. The highest BCUT2D eigenvalue weighted by molar-refractivity contribution is 5.72. The second-order valence-electron chi connectivity index (χ2n) is 8.30. The minimum atomic E-state index is -0.706. The van der Waals surface area contributed by atoms with Gasteiger partial charge in [0.25, 0.3) is 0 Å². The van der Waals surface area contributed by atoms with E-state index in [1.807, 2.05) is 18.2 Å². The topological polar surface area (TPSA) is 55.1 Å². The monoisotopic (exact) mass is 438 g/mol. The largest absolute Gasteiger partial charge is 0.481 e. The summed E-state index contributed by atoms with van der Waals surface area (Å²) >= 11 is 0. The number of benzene rings is 3. The van der Waals surface area contributed by atoms with Crippen molar-refractivity contribution in [2.45, 2.75) is 44.9 Å². The lowest BCUT2D eigenvalue weighted by Gasteiger charge is -2.13. The van der Waals surface area contributed by atoms with Crippen molar-refractivity contribution in [2.75, 3.05) is 0 Å². The number of aromatic nitrogens is 2. The number of imidazole rings is 1. The van der Waals surface area contributed by atoms with E-state index >= 15 is 0 Å². The Hall–Kier alpha value is -3.66. The molecular formula is C29H30N2O2. The number of carboxylic acid groups (broad SMARTS) is 1. The lowest BCUT2D eigenvalue weighted by Crippen LogP contribution is -2.00. The van der Waals surface area contributed by atoms with Gasteiger partial charge in [-0.1, -0.05) is 98.1 Å². The van der Waals surface area contributed by atoms with E-state index in [4.69, 9.17) is 10.1 Å². The quantitative estimate of drug-likeness (QED) is 0.252. The predicted molar refractivity (Wildman–Crippen MR) is 133 cm³/mol. The van der Waals surface area contributed by atoms with Crippen molar-refractivity contribution in [1.29, 1.82) is 0 Å². The molecule has 0 saturated carbocycles. The second kappa shape index (κ2) is 11.3. The maximum absolute atomic E-state index is 10.7. The predicted octanol–water partition coefficient (Wildman–Crippen LogP) is 7.17. The lowest BCUT2D eigenvalue weighted by molar-refractivity contribution is -0.137. The number of aryl methyl sites for hydroxylation is 1. The minimum Gasteiger partial charge on any atom is -0.481 e. The summed E-state index contributed by atoms with van der Waals surface area (Å²) in [7, 11) is 0. The van der Waals surface area contributed by atoms with E-state index in [1.54, 1.807) is 0 Å². The minimum absolute atomic E-state index is 0.264. The smallest absolute Gasteiger partial charge is 0.303 e. The zero-order valence-electron chi connectivity index (χ0n) is 18.9. The van der Waals surface area contributed by atoms with Crippen LogP contribution in [-0.2, 0) is 11.2 Å². The van der Waals surface area contributed by atoms with Gasteiger partial charge in [-0.25, -0.2) is 4.98 Å². The highest BCUT2D eigenvalue weighted by Gasteiger charge is 2.20. The summed E-state index contributed by atoms with van der Waals surface area (Å²) < 4.78 is 2.28. The fourth-order valence-corrected chi connectivity index (χ4v) is 4.24. The first-order valence-electron chi connectivity index (χ1n) is 11.7. The van der Waals surface area contributed by atoms with Crippen LogP contribution in [0.15, 0.2) is 91.0 Å². The van der Waals surface area contributed by atoms with Crippen LogP contribution in [0.4, 0.5) is 0 Å². The number of carboxylic acids is 1. The Labute approximate surface area is 195 Å². The summed E-state index contributed by atoms with van der Waals surface area (Å²) in [5.74, 6) is 0.250. The van der Waals surface area contributed by atoms with E-state index in [1.165, 1.54) is 0 Å². The molecule has 4 aromatic rings. The molecular weight excluding hydrogens is 408 g/mol. The molecule has 3 aromatic carbocycles. The average Bonchev–Trinajstić information content (AvgIpc) is 3.24.